The van der Waals surface area contributed by atoms with Crippen LogP contribution in [0.5, 0.6) is 0 Å². The molecule has 5 aliphatic rings. The summed E-state index contributed by atoms with van der Waals surface area (Å²) >= 11 is 0. The lowest BCUT2D eigenvalue weighted by molar-refractivity contribution is -0.227. The number of unbranched alkanes of at least 4 members (excludes halogenated alkanes) is 2. The normalized spacial score (nSPS) is 21.2. The summed E-state index contributed by atoms with van der Waals surface area (Å²) in [5.41, 5.74) is -0.753. The van der Waals surface area contributed by atoms with E-state index >= 15 is 8.78 Å². The van der Waals surface area contributed by atoms with Gasteiger partial charge in [-0.3, -0.25) is 57.6 Å². The van der Waals surface area contributed by atoms with Gasteiger partial charge in [0.1, 0.15) is 62.5 Å². The summed E-state index contributed by atoms with van der Waals surface area (Å²) in [4.78, 5) is 162. The number of aromatic nitrogens is 2. The predicted octanol–water partition coefficient (Wildman–Crippen LogP) is -3.66. The van der Waals surface area contributed by atoms with Crippen molar-refractivity contribution < 1.29 is 101 Å². The lowest BCUT2D eigenvalue weighted by Gasteiger charge is -2.40. The first-order valence-electron chi connectivity index (χ1n) is 31.1. The molecule has 2 aromatic heterocycles. The third kappa shape index (κ3) is 16.2. The summed E-state index contributed by atoms with van der Waals surface area (Å²) in [7, 11) is 0. The summed E-state index contributed by atoms with van der Waals surface area (Å²) in [6, 6.07) is 7.25. The van der Waals surface area contributed by atoms with Crippen LogP contribution in [0.3, 0.4) is 0 Å². The van der Waals surface area contributed by atoms with Gasteiger partial charge in [0, 0.05) is 72.6 Å². The van der Waals surface area contributed by atoms with E-state index in [4.69, 9.17) is 14.2 Å². The number of aliphatic hydroxyl groups excluding tert-OH is 4. The van der Waals surface area contributed by atoms with Gasteiger partial charge in [-0.05, 0) is 55.7 Å². The first-order valence-corrected chi connectivity index (χ1v) is 31.1. The molecule has 9 rings (SSSR count). The van der Waals surface area contributed by atoms with Crippen molar-refractivity contribution in [3.8, 4) is 11.4 Å². The quantitative estimate of drug-likeness (QED) is 0.00912. The molecular weight excluding hydrogens is 1270 g/mol. The highest BCUT2D eigenvalue weighted by molar-refractivity contribution is 6.12. The van der Waals surface area contributed by atoms with Crippen LogP contribution in [0.25, 0.3) is 22.3 Å². The minimum absolute atomic E-state index is 0.00919. The summed E-state index contributed by atoms with van der Waals surface area (Å²) in [5.74, 6) is -10.4. The molecule has 1 unspecified atom stereocenters. The number of imide groups is 1. The fourth-order valence-corrected chi connectivity index (χ4v) is 12.0. The molecule has 31 nitrogen and oxygen atoms in total. The number of carbonyl (C=O) groups is 11. The molecule has 4 aromatic rings. The van der Waals surface area contributed by atoms with Crippen LogP contribution >= 0.6 is 0 Å². The fraction of sp³-hybridized carbons (Fsp3) is 0.476. The number of nitrogens with one attached hydrogen (secondary N) is 8. The molecule has 1 fully saturated rings. The van der Waals surface area contributed by atoms with Crippen molar-refractivity contribution in [2.45, 2.75) is 139 Å². The molecule has 514 valence electrons. The largest absolute Gasteiger partial charge is 0.458 e. The van der Waals surface area contributed by atoms with Crippen LogP contribution in [-0.2, 0) is 98.5 Å². The molecule has 4 aliphatic heterocycles. The molecule has 33 heteroatoms. The molecule has 13 N–H and O–H groups in total. The highest BCUT2D eigenvalue weighted by Crippen LogP contribution is 2.46. The minimum Gasteiger partial charge on any atom is -0.458 e. The summed E-state index contributed by atoms with van der Waals surface area (Å²) in [6.45, 7) is -3.15. The Bertz CT molecular complexity index is 3800. The second kappa shape index (κ2) is 31.4. The number of aryl methyl sites for hydroxylation is 1. The number of hydrogen-bond donors (Lipinski definition) is 13. The van der Waals surface area contributed by atoms with Gasteiger partial charge in [-0.2, -0.15) is 0 Å². The Hall–Kier alpha value is -9.51. The smallest absolute Gasteiger partial charge is 0.343 e. The van der Waals surface area contributed by atoms with Gasteiger partial charge in [-0.1, -0.05) is 43.7 Å². The van der Waals surface area contributed by atoms with E-state index in [2.05, 4.69) is 47.5 Å². The summed E-state index contributed by atoms with van der Waals surface area (Å²) in [5, 5.41) is 71.5. The molecule has 2 aromatic carbocycles. The Kier molecular flexibility index (Phi) is 23.1. The van der Waals surface area contributed by atoms with Gasteiger partial charge in [-0.25, -0.2) is 18.6 Å². The summed E-state index contributed by atoms with van der Waals surface area (Å²) in [6.07, 6.45) is -5.06. The molecule has 96 heavy (non-hydrogen) atoms. The Morgan fingerprint density at radius 2 is 1.43 bits per heavy atom. The van der Waals surface area contributed by atoms with Gasteiger partial charge in [0.05, 0.1) is 61.3 Å². The number of halogens is 2. The van der Waals surface area contributed by atoms with E-state index < -0.39 is 189 Å². The Morgan fingerprint density at radius 3 is 2.14 bits per heavy atom. The van der Waals surface area contributed by atoms with Gasteiger partial charge in [-0.15, -0.1) is 0 Å². The maximum atomic E-state index is 15.4. The Morgan fingerprint density at radius 1 is 0.750 bits per heavy atom. The topological polar surface area (TPSA) is 451 Å². The molecular formula is C63H73F2N11O20. The molecule has 1 aliphatic carbocycles. The van der Waals surface area contributed by atoms with E-state index in [1.54, 1.807) is 37.3 Å². The van der Waals surface area contributed by atoms with Crippen molar-refractivity contribution in [2.75, 3.05) is 52.7 Å². The maximum absolute atomic E-state index is 15.4. The van der Waals surface area contributed by atoms with E-state index in [9.17, 15) is 83.1 Å². The molecule has 0 saturated carbocycles. The fourth-order valence-electron chi connectivity index (χ4n) is 12.0. The molecule has 9 atom stereocenters. The number of pyridine rings is 2. The van der Waals surface area contributed by atoms with Crippen molar-refractivity contribution in [3.05, 3.63) is 110 Å². The molecule has 1 saturated heterocycles. The third-order valence-corrected chi connectivity index (χ3v) is 17.2. The number of cyclic esters (lactones) is 1. The number of nitrogens with zero attached hydrogens (tertiary/aromatic N) is 3. The third-order valence-electron chi connectivity index (χ3n) is 17.2. The second-order valence-electron chi connectivity index (χ2n) is 23.6. The number of aliphatic hydroxyl groups is 5. The van der Waals surface area contributed by atoms with Crippen LogP contribution in [0.1, 0.15) is 97.7 Å². The number of benzene rings is 2. The number of hydrogen-bond acceptors (Lipinski definition) is 21. The van der Waals surface area contributed by atoms with E-state index in [1.807, 2.05) is 0 Å². The van der Waals surface area contributed by atoms with Crippen LogP contribution in [0.2, 0.25) is 0 Å². The highest BCUT2D eigenvalue weighted by Gasteiger charge is 2.47. The number of amides is 10. The number of fused-ring (bicyclic) bond motifs is 5. The first-order chi connectivity index (χ1) is 45.9. The molecule has 0 spiro atoms. The lowest BCUT2D eigenvalue weighted by atomic mass is 9.83. The first kappa shape index (κ1) is 70.8. The maximum Gasteiger partial charge on any atom is 0.343 e. The van der Waals surface area contributed by atoms with Crippen molar-refractivity contribution in [1.29, 1.82) is 0 Å². The highest BCUT2D eigenvalue weighted by atomic mass is 19.2. The zero-order valence-corrected chi connectivity index (χ0v) is 51.9. The average molecular weight is 1340 g/mol. The number of ether oxygens (including phenoxy) is 3. The van der Waals surface area contributed by atoms with E-state index in [-0.39, 0.29) is 104 Å². The monoisotopic (exact) mass is 1340 g/mol. The van der Waals surface area contributed by atoms with Crippen LogP contribution < -0.4 is 48.1 Å². The Labute approximate surface area is 545 Å². The lowest BCUT2D eigenvalue weighted by Crippen LogP contribution is -2.60. The average Bonchev–Trinajstić information content (AvgIpc) is 1.47. The van der Waals surface area contributed by atoms with Crippen LogP contribution in [-0.4, -0.2) is 200 Å². The summed E-state index contributed by atoms with van der Waals surface area (Å²) < 4.78 is 47.9. The zero-order valence-electron chi connectivity index (χ0n) is 51.9. The molecule has 0 bridgehead atoms. The van der Waals surface area contributed by atoms with E-state index in [1.165, 1.54) is 10.6 Å². The molecule has 0 radical (unpaired) electrons. The number of esters is 1. The minimum atomic E-state index is -2.13. The van der Waals surface area contributed by atoms with Gasteiger partial charge in [0.25, 0.3) is 17.4 Å². The number of carbonyl (C=O) groups excluding carboxylic acids is 11. The van der Waals surface area contributed by atoms with Crippen LogP contribution in [0.15, 0.2) is 59.4 Å². The van der Waals surface area contributed by atoms with Crippen molar-refractivity contribution >= 4 is 75.9 Å². The molecule has 6 heterocycles. The van der Waals surface area contributed by atoms with Crippen molar-refractivity contribution in [2.24, 2.45) is 0 Å². The Balaban J connectivity index is 0.740. The van der Waals surface area contributed by atoms with Gasteiger partial charge >= 0.3 is 5.97 Å². The van der Waals surface area contributed by atoms with E-state index in [0.29, 0.717) is 29.5 Å². The van der Waals surface area contributed by atoms with Gasteiger partial charge < -0.3 is 86.8 Å². The zero-order chi connectivity index (χ0) is 69.1. The molecule has 10 amide bonds. The predicted molar refractivity (Wildman–Crippen MR) is 326 cm³/mol. The standard InChI is InChI=1S/C63H73F2N11O20/c1-2-63(93)35-20-41-55-33(26-76(41)61(91)34(35)28-95-62(63)92)53-37(13-12-32-52(53)39(74-55)21-36(64)54(32)65)71-49(83)29-94-30-70-47(81)24-69-60(90)40(19-31-9-5-3-6-10-31)73-48(82)25-67-46(80)23-68-59(89)38(72-45(79)11-7-4-8-18-75-50(84)16-17-51(75)85)14-15-44(78)66-22-42-56(86)58(88)57(87)43(27-77)96-42/h3,5-6,9-10,16-17,20-21,37-38,40,42-43,56-58,77,86-88,93H,2,4,7-8,11-15,18-19,22-30H2,1H3,(H,66,78)(H,67,80)(H,68,89)(H,69,90)(H,70,81)(H,71,83)(H,72,79)(H,73,82)/t37-,38?,40-,42-,43+,56-,57+,58+,63-/m0/s1. The van der Waals surface area contributed by atoms with E-state index in [0.717, 1.165) is 23.1 Å². The van der Waals surface area contributed by atoms with Crippen LogP contribution in [0, 0.1) is 11.6 Å². The van der Waals surface area contributed by atoms with Crippen LogP contribution in [0.4, 0.5) is 8.78 Å². The number of rotatable bonds is 30. The SMILES string of the molecule is CC[C@@]1(O)C(=O)OCc2c1cc1n(c2=O)Cc2c-1nc1cc(F)c(F)c3c1c2[C@@H](NC(=O)COCNC(=O)CNC(=O)[C@H](Cc1ccccc1)NC(=O)CNC(=O)CNC(=O)C(CCC(=O)NC[C@@H]1O[C@H](CO)[C@@H](O)[C@H](O)[C@H]1O)NC(=O)CCCCCN1C(=O)C=CC1=O)CC3. The van der Waals surface area contributed by atoms with Crippen molar-refractivity contribution in [3.63, 3.8) is 0 Å². The van der Waals surface area contributed by atoms with Crippen molar-refractivity contribution in [1.82, 2.24) is 57.0 Å². The second-order valence-corrected chi connectivity index (χ2v) is 23.6. The van der Waals surface area contributed by atoms with Gasteiger partial charge in [0.2, 0.25) is 47.3 Å². The van der Waals surface area contributed by atoms with Gasteiger partial charge in [0.15, 0.2) is 17.2 Å².